The molecule has 2 rings (SSSR count). The largest absolute Gasteiger partial charge is 0.356 e. The fraction of sp³-hybridized carbons (Fsp3) is 0.368. The van der Waals surface area contributed by atoms with Crippen molar-refractivity contribution >= 4 is 29.9 Å². The summed E-state index contributed by atoms with van der Waals surface area (Å²) in [6.07, 6.45) is 4.72. The molecular formula is C19H27IN4. The number of halogens is 1. The minimum Gasteiger partial charge on any atom is -0.356 e. The molecule has 2 aromatic rings. The zero-order valence-electron chi connectivity index (χ0n) is 14.9. The Kier molecular flexibility index (Phi) is 8.74. The van der Waals surface area contributed by atoms with Gasteiger partial charge in [-0.15, -0.1) is 24.0 Å². The molecule has 0 saturated carbocycles. The van der Waals surface area contributed by atoms with E-state index in [1.807, 2.05) is 19.4 Å². The number of hydrogen-bond acceptors (Lipinski definition) is 2. The van der Waals surface area contributed by atoms with Gasteiger partial charge in [0.25, 0.3) is 0 Å². The number of aliphatic imine (C=N–C) groups is 1. The van der Waals surface area contributed by atoms with E-state index in [2.05, 4.69) is 71.4 Å². The highest BCUT2D eigenvalue weighted by atomic mass is 127. The van der Waals surface area contributed by atoms with Crippen LogP contribution in [0.4, 0.5) is 0 Å². The SMILES string of the molecule is CN=C(NCCc1ccncc1C)N(C)Cc1ccc(C)cc1.I. The zero-order valence-corrected chi connectivity index (χ0v) is 17.2. The van der Waals surface area contributed by atoms with Gasteiger partial charge in [-0.3, -0.25) is 9.98 Å². The summed E-state index contributed by atoms with van der Waals surface area (Å²) in [5.74, 6) is 0.914. The Balaban J connectivity index is 0.00000288. The topological polar surface area (TPSA) is 40.5 Å². The molecular weight excluding hydrogens is 411 g/mol. The highest BCUT2D eigenvalue weighted by molar-refractivity contribution is 14.0. The molecule has 5 heteroatoms. The van der Waals surface area contributed by atoms with Gasteiger partial charge in [0.1, 0.15) is 0 Å². The average molecular weight is 438 g/mol. The average Bonchev–Trinajstić information content (AvgIpc) is 2.55. The first-order valence-corrected chi connectivity index (χ1v) is 7.97. The second-order valence-electron chi connectivity index (χ2n) is 5.87. The Morgan fingerprint density at radius 1 is 1.17 bits per heavy atom. The predicted octanol–water partition coefficient (Wildman–Crippen LogP) is 3.57. The molecule has 1 N–H and O–H groups in total. The fourth-order valence-electron chi connectivity index (χ4n) is 2.52. The number of rotatable bonds is 5. The van der Waals surface area contributed by atoms with E-state index in [1.165, 1.54) is 22.3 Å². The molecule has 0 unspecified atom stereocenters. The van der Waals surface area contributed by atoms with Gasteiger partial charge < -0.3 is 10.2 Å². The van der Waals surface area contributed by atoms with Gasteiger partial charge in [-0.2, -0.15) is 0 Å². The van der Waals surface area contributed by atoms with E-state index in [0.29, 0.717) is 0 Å². The molecule has 0 amide bonds. The number of nitrogens with zero attached hydrogens (tertiary/aromatic N) is 3. The maximum atomic E-state index is 4.37. The second-order valence-corrected chi connectivity index (χ2v) is 5.87. The number of hydrogen-bond donors (Lipinski definition) is 1. The van der Waals surface area contributed by atoms with Crippen LogP contribution >= 0.6 is 24.0 Å². The van der Waals surface area contributed by atoms with Crippen molar-refractivity contribution in [3.05, 3.63) is 65.0 Å². The lowest BCUT2D eigenvalue weighted by molar-refractivity contribution is 0.477. The van der Waals surface area contributed by atoms with E-state index in [1.54, 1.807) is 0 Å². The van der Waals surface area contributed by atoms with Gasteiger partial charge in [-0.25, -0.2) is 0 Å². The molecule has 0 aliphatic carbocycles. The molecule has 4 nitrogen and oxygen atoms in total. The molecule has 1 aromatic heterocycles. The first-order valence-electron chi connectivity index (χ1n) is 7.97. The van der Waals surface area contributed by atoms with Crippen LogP contribution in [0.15, 0.2) is 47.7 Å². The van der Waals surface area contributed by atoms with E-state index >= 15 is 0 Å². The molecule has 0 fully saturated rings. The molecule has 1 aromatic carbocycles. The van der Waals surface area contributed by atoms with E-state index in [4.69, 9.17) is 0 Å². The summed E-state index contributed by atoms with van der Waals surface area (Å²) in [4.78, 5) is 10.7. The maximum Gasteiger partial charge on any atom is 0.193 e. The van der Waals surface area contributed by atoms with Crippen molar-refractivity contribution in [2.45, 2.75) is 26.8 Å². The van der Waals surface area contributed by atoms with Crippen molar-refractivity contribution in [3.8, 4) is 0 Å². The van der Waals surface area contributed by atoms with Crippen molar-refractivity contribution in [3.63, 3.8) is 0 Å². The van der Waals surface area contributed by atoms with E-state index in [-0.39, 0.29) is 24.0 Å². The van der Waals surface area contributed by atoms with E-state index < -0.39 is 0 Å². The van der Waals surface area contributed by atoms with Crippen molar-refractivity contribution in [2.75, 3.05) is 20.6 Å². The Labute approximate surface area is 162 Å². The Hall–Kier alpha value is -1.63. The number of guanidine groups is 1. The molecule has 0 spiro atoms. The first-order chi connectivity index (χ1) is 11.1. The third kappa shape index (κ3) is 6.11. The first kappa shape index (κ1) is 20.4. The standard InChI is InChI=1S/C19H26N4.HI/c1-15-5-7-17(8-6-15)14-23(4)19(20-3)22-12-10-18-9-11-21-13-16(18)2;/h5-9,11,13H,10,12,14H2,1-4H3,(H,20,22);1H. The lowest BCUT2D eigenvalue weighted by Gasteiger charge is -2.22. The number of aryl methyl sites for hydroxylation is 2. The van der Waals surface area contributed by atoms with Gasteiger partial charge in [-0.05, 0) is 43.0 Å². The summed E-state index contributed by atoms with van der Waals surface area (Å²) < 4.78 is 0. The Bertz CT molecular complexity index is 653. The quantitative estimate of drug-likeness (QED) is 0.441. The maximum absolute atomic E-state index is 4.37. The predicted molar refractivity (Wildman–Crippen MR) is 112 cm³/mol. The highest BCUT2D eigenvalue weighted by Crippen LogP contribution is 2.07. The van der Waals surface area contributed by atoms with Crippen molar-refractivity contribution in [1.82, 2.24) is 15.2 Å². The van der Waals surface area contributed by atoms with Gasteiger partial charge in [0.2, 0.25) is 0 Å². The van der Waals surface area contributed by atoms with Crippen LogP contribution in [0.2, 0.25) is 0 Å². The van der Waals surface area contributed by atoms with Crippen LogP contribution in [0.3, 0.4) is 0 Å². The summed E-state index contributed by atoms with van der Waals surface area (Å²) in [6, 6.07) is 10.7. The molecule has 0 aliphatic heterocycles. The molecule has 24 heavy (non-hydrogen) atoms. The summed E-state index contributed by atoms with van der Waals surface area (Å²) in [7, 11) is 3.89. The molecule has 130 valence electrons. The minimum absolute atomic E-state index is 0. The number of nitrogens with one attached hydrogen (secondary N) is 1. The van der Waals surface area contributed by atoms with Crippen LogP contribution in [0, 0.1) is 13.8 Å². The number of aromatic nitrogens is 1. The number of benzene rings is 1. The third-order valence-electron chi connectivity index (χ3n) is 3.93. The number of pyridine rings is 1. The second kappa shape index (κ2) is 10.3. The van der Waals surface area contributed by atoms with Gasteiger partial charge >= 0.3 is 0 Å². The molecule has 0 aliphatic rings. The van der Waals surface area contributed by atoms with Gasteiger partial charge in [-0.1, -0.05) is 29.8 Å². The molecule has 0 atom stereocenters. The smallest absolute Gasteiger partial charge is 0.193 e. The molecule has 1 heterocycles. The van der Waals surface area contributed by atoms with Gasteiger partial charge in [0, 0.05) is 39.6 Å². The lowest BCUT2D eigenvalue weighted by Crippen LogP contribution is -2.39. The molecule has 0 saturated heterocycles. The van der Waals surface area contributed by atoms with Gasteiger partial charge in [0.05, 0.1) is 0 Å². The van der Waals surface area contributed by atoms with Gasteiger partial charge in [0.15, 0.2) is 5.96 Å². The minimum atomic E-state index is 0. The van der Waals surface area contributed by atoms with Crippen molar-refractivity contribution in [1.29, 1.82) is 0 Å². The van der Waals surface area contributed by atoms with Crippen molar-refractivity contribution < 1.29 is 0 Å². The Morgan fingerprint density at radius 3 is 2.50 bits per heavy atom. The normalized spacial score (nSPS) is 10.9. The zero-order chi connectivity index (χ0) is 16.7. The lowest BCUT2D eigenvalue weighted by atomic mass is 10.1. The summed E-state index contributed by atoms with van der Waals surface area (Å²) in [5.41, 5.74) is 5.12. The summed E-state index contributed by atoms with van der Waals surface area (Å²) in [5, 5.41) is 3.43. The van der Waals surface area contributed by atoms with Crippen LogP contribution < -0.4 is 5.32 Å². The van der Waals surface area contributed by atoms with E-state index in [9.17, 15) is 0 Å². The highest BCUT2D eigenvalue weighted by Gasteiger charge is 2.06. The van der Waals surface area contributed by atoms with Crippen LogP contribution in [0.1, 0.15) is 22.3 Å². The summed E-state index contributed by atoms with van der Waals surface area (Å²) in [6.45, 7) is 5.90. The van der Waals surface area contributed by atoms with E-state index in [0.717, 1.165) is 25.5 Å². The van der Waals surface area contributed by atoms with Crippen LogP contribution in [0.5, 0.6) is 0 Å². The van der Waals surface area contributed by atoms with Crippen LogP contribution in [-0.4, -0.2) is 36.5 Å². The van der Waals surface area contributed by atoms with Crippen molar-refractivity contribution in [2.24, 2.45) is 4.99 Å². The van der Waals surface area contributed by atoms with Crippen LogP contribution in [-0.2, 0) is 13.0 Å². The fourth-order valence-corrected chi connectivity index (χ4v) is 2.52. The Morgan fingerprint density at radius 2 is 1.88 bits per heavy atom. The monoisotopic (exact) mass is 438 g/mol. The summed E-state index contributed by atoms with van der Waals surface area (Å²) >= 11 is 0. The van der Waals surface area contributed by atoms with Crippen LogP contribution in [0.25, 0.3) is 0 Å². The molecule has 0 radical (unpaired) electrons. The molecule has 0 bridgehead atoms. The third-order valence-corrected chi connectivity index (χ3v) is 3.93.